The Morgan fingerprint density at radius 1 is 0.929 bits per heavy atom. The van der Waals surface area contributed by atoms with E-state index in [2.05, 4.69) is 10.6 Å². The Balaban J connectivity index is 1.82. The summed E-state index contributed by atoms with van der Waals surface area (Å²) in [7, 11) is -0.765. The fourth-order valence-electron chi connectivity index (χ4n) is 2.35. The van der Waals surface area contributed by atoms with Gasteiger partial charge in [-0.25, -0.2) is 12.7 Å². The van der Waals surface area contributed by atoms with E-state index < -0.39 is 15.9 Å². The molecule has 0 aliphatic heterocycles. The molecule has 0 saturated heterocycles. The van der Waals surface area contributed by atoms with Crippen molar-refractivity contribution in [2.75, 3.05) is 27.2 Å². The third-order valence-corrected chi connectivity index (χ3v) is 5.72. The number of aromatic hydroxyl groups is 1. The zero-order chi connectivity index (χ0) is 20.7. The number of sulfonamides is 1. The van der Waals surface area contributed by atoms with Gasteiger partial charge in [-0.05, 0) is 42.8 Å². The van der Waals surface area contributed by atoms with Crippen LogP contribution < -0.4 is 10.6 Å². The Labute approximate surface area is 164 Å². The molecule has 0 radical (unpaired) electrons. The number of carbonyl (C=O) groups excluding carboxylic acids is 2. The van der Waals surface area contributed by atoms with Gasteiger partial charge in [-0.3, -0.25) is 9.59 Å². The lowest BCUT2D eigenvalue weighted by Crippen LogP contribution is -2.30. The van der Waals surface area contributed by atoms with Crippen LogP contribution in [-0.4, -0.2) is 56.8 Å². The normalized spacial score (nSPS) is 11.2. The van der Waals surface area contributed by atoms with Crippen molar-refractivity contribution in [1.82, 2.24) is 14.9 Å². The van der Waals surface area contributed by atoms with Gasteiger partial charge in [0.05, 0.1) is 4.90 Å². The van der Waals surface area contributed by atoms with Gasteiger partial charge < -0.3 is 15.7 Å². The average molecular weight is 405 g/mol. The molecule has 28 heavy (non-hydrogen) atoms. The Morgan fingerprint density at radius 3 is 2.00 bits per heavy atom. The van der Waals surface area contributed by atoms with Gasteiger partial charge in [-0.2, -0.15) is 0 Å². The molecule has 0 saturated carbocycles. The highest BCUT2D eigenvalue weighted by molar-refractivity contribution is 7.89. The summed E-state index contributed by atoms with van der Waals surface area (Å²) in [4.78, 5) is 24.2. The van der Waals surface area contributed by atoms with Crippen molar-refractivity contribution in [3.05, 3.63) is 59.7 Å². The molecule has 0 unspecified atom stereocenters. The van der Waals surface area contributed by atoms with Crippen LogP contribution in [0.15, 0.2) is 53.4 Å². The van der Waals surface area contributed by atoms with Crippen LogP contribution in [0.25, 0.3) is 0 Å². The van der Waals surface area contributed by atoms with Gasteiger partial charge in [0.25, 0.3) is 11.8 Å². The molecular weight excluding hydrogens is 382 g/mol. The van der Waals surface area contributed by atoms with E-state index in [0.717, 1.165) is 4.31 Å². The molecule has 2 aromatic rings. The topological polar surface area (TPSA) is 116 Å². The number of phenols is 1. The van der Waals surface area contributed by atoms with Crippen molar-refractivity contribution in [1.29, 1.82) is 0 Å². The zero-order valence-corrected chi connectivity index (χ0v) is 16.5. The van der Waals surface area contributed by atoms with Crippen LogP contribution in [0.4, 0.5) is 0 Å². The summed E-state index contributed by atoms with van der Waals surface area (Å²) >= 11 is 0. The summed E-state index contributed by atoms with van der Waals surface area (Å²) in [5.74, 6) is -0.697. The first kappa shape index (κ1) is 21.4. The third-order valence-electron chi connectivity index (χ3n) is 3.91. The number of hydrogen-bond acceptors (Lipinski definition) is 5. The van der Waals surface area contributed by atoms with E-state index >= 15 is 0 Å². The quantitative estimate of drug-likeness (QED) is 0.571. The average Bonchev–Trinajstić information content (AvgIpc) is 2.67. The van der Waals surface area contributed by atoms with E-state index in [4.69, 9.17) is 0 Å². The minimum Gasteiger partial charge on any atom is -0.508 e. The van der Waals surface area contributed by atoms with Crippen LogP contribution in [-0.2, 0) is 10.0 Å². The standard InChI is InChI=1S/C19H23N3O5S/c1-22(2)28(26,27)17-9-4-7-15(13-17)19(25)21-11-5-10-20-18(24)14-6-3-8-16(23)12-14/h3-4,6-9,12-13,23H,5,10-11H2,1-2H3,(H,20,24)(H,21,25). The Hall–Kier alpha value is -2.91. The molecule has 0 spiro atoms. The van der Waals surface area contributed by atoms with Gasteiger partial charge >= 0.3 is 0 Å². The minimum atomic E-state index is -3.61. The van der Waals surface area contributed by atoms with Gasteiger partial charge in [0.1, 0.15) is 5.75 Å². The van der Waals surface area contributed by atoms with Crippen molar-refractivity contribution >= 4 is 21.8 Å². The van der Waals surface area contributed by atoms with Crippen LogP contribution in [0.5, 0.6) is 5.75 Å². The first-order valence-electron chi connectivity index (χ1n) is 8.60. The van der Waals surface area contributed by atoms with E-state index in [9.17, 15) is 23.1 Å². The van der Waals surface area contributed by atoms with E-state index in [0.29, 0.717) is 25.1 Å². The maximum atomic E-state index is 12.2. The summed E-state index contributed by atoms with van der Waals surface area (Å²) < 4.78 is 25.4. The molecular formula is C19H23N3O5S. The van der Waals surface area contributed by atoms with Crippen molar-refractivity contribution in [2.24, 2.45) is 0 Å². The van der Waals surface area contributed by atoms with E-state index in [1.165, 1.54) is 50.5 Å². The molecule has 0 atom stereocenters. The van der Waals surface area contributed by atoms with E-state index in [1.54, 1.807) is 12.1 Å². The molecule has 150 valence electrons. The zero-order valence-electron chi connectivity index (χ0n) is 15.7. The number of nitrogens with one attached hydrogen (secondary N) is 2. The van der Waals surface area contributed by atoms with Gasteiger partial charge in [0.15, 0.2) is 0 Å². The molecule has 2 aromatic carbocycles. The van der Waals surface area contributed by atoms with E-state index in [-0.39, 0.29) is 22.1 Å². The molecule has 2 rings (SSSR count). The number of benzene rings is 2. The highest BCUT2D eigenvalue weighted by atomic mass is 32.2. The number of hydrogen-bond donors (Lipinski definition) is 3. The molecule has 0 aromatic heterocycles. The fourth-order valence-corrected chi connectivity index (χ4v) is 3.30. The van der Waals surface area contributed by atoms with Gasteiger partial charge in [0.2, 0.25) is 10.0 Å². The van der Waals surface area contributed by atoms with Gasteiger partial charge in [0, 0.05) is 38.3 Å². The maximum absolute atomic E-state index is 12.2. The summed E-state index contributed by atoms with van der Waals surface area (Å²) in [5, 5.41) is 14.8. The second-order valence-corrected chi connectivity index (χ2v) is 8.38. The summed E-state index contributed by atoms with van der Waals surface area (Å²) in [6.07, 6.45) is 0.492. The molecule has 2 amide bonds. The van der Waals surface area contributed by atoms with Crippen molar-refractivity contribution < 1.29 is 23.1 Å². The van der Waals surface area contributed by atoms with Crippen molar-refractivity contribution in [3.63, 3.8) is 0 Å². The molecule has 0 aliphatic rings. The molecule has 9 heteroatoms. The largest absolute Gasteiger partial charge is 0.508 e. The first-order chi connectivity index (χ1) is 13.2. The smallest absolute Gasteiger partial charge is 0.251 e. The highest BCUT2D eigenvalue weighted by Gasteiger charge is 2.18. The van der Waals surface area contributed by atoms with Crippen molar-refractivity contribution in [3.8, 4) is 5.75 Å². The summed E-state index contributed by atoms with van der Waals surface area (Å²) in [6, 6.07) is 11.8. The van der Waals surface area contributed by atoms with E-state index in [1.807, 2.05) is 0 Å². The number of amides is 2. The fraction of sp³-hybridized carbons (Fsp3) is 0.263. The lowest BCUT2D eigenvalue weighted by molar-refractivity contribution is 0.0951. The monoisotopic (exact) mass is 405 g/mol. The molecule has 0 aliphatic carbocycles. The first-order valence-corrected chi connectivity index (χ1v) is 10.0. The predicted octanol–water partition coefficient (Wildman–Crippen LogP) is 1.19. The Morgan fingerprint density at radius 2 is 1.46 bits per heavy atom. The molecule has 3 N–H and O–H groups in total. The minimum absolute atomic E-state index is 0.0124. The number of nitrogens with zero attached hydrogens (tertiary/aromatic N) is 1. The van der Waals surface area contributed by atoms with Crippen LogP contribution in [0.3, 0.4) is 0 Å². The number of carbonyl (C=O) groups is 2. The Bertz CT molecular complexity index is 958. The highest BCUT2D eigenvalue weighted by Crippen LogP contribution is 2.15. The van der Waals surface area contributed by atoms with Gasteiger partial charge in [-0.1, -0.05) is 12.1 Å². The molecule has 8 nitrogen and oxygen atoms in total. The van der Waals surface area contributed by atoms with Crippen LogP contribution in [0.1, 0.15) is 27.1 Å². The van der Waals surface area contributed by atoms with Crippen LogP contribution in [0.2, 0.25) is 0 Å². The van der Waals surface area contributed by atoms with Crippen molar-refractivity contribution in [2.45, 2.75) is 11.3 Å². The lowest BCUT2D eigenvalue weighted by Gasteiger charge is -2.12. The summed E-state index contributed by atoms with van der Waals surface area (Å²) in [5.41, 5.74) is 0.592. The molecule has 0 bridgehead atoms. The van der Waals surface area contributed by atoms with Crippen LogP contribution >= 0.6 is 0 Å². The van der Waals surface area contributed by atoms with Crippen LogP contribution in [0, 0.1) is 0 Å². The molecule has 0 fully saturated rings. The lowest BCUT2D eigenvalue weighted by atomic mass is 10.2. The second kappa shape index (κ2) is 9.34. The SMILES string of the molecule is CN(C)S(=O)(=O)c1cccc(C(=O)NCCCNC(=O)c2cccc(O)c2)c1. The number of rotatable bonds is 8. The third kappa shape index (κ3) is 5.54. The summed E-state index contributed by atoms with van der Waals surface area (Å²) in [6.45, 7) is 0.646. The maximum Gasteiger partial charge on any atom is 0.251 e. The predicted molar refractivity (Wildman–Crippen MR) is 105 cm³/mol. The number of phenolic OH excluding ortho intramolecular Hbond substituents is 1. The second-order valence-electron chi connectivity index (χ2n) is 6.23. The Kier molecular flexibility index (Phi) is 7.13. The van der Waals surface area contributed by atoms with Gasteiger partial charge in [-0.15, -0.1) is 0 Å². The molecule has 0 heterocycles.